The number of benzene rings is 1. The first-order valence-corrected chi connectivity index (χ1v) is 12.8. The van der Waals surface area contributed by atoms with E-state index in [1.807, 2.05) is 0 Å². The number of carbonyl (C=O) groups is 1. The molecule has 1 saturated heterocycles. The summed E-state index contributed by atoms with van der Waals surface area (Å²) < 4.78 is 45.9. The lowest BCUT2D eigenvalue weighted by Gasteiger charge is -2.37. The Labute approximate surface area is 228 Å². The van der Waals surface area contributed by atoms with E-state index in [2.05, 4.69) is 25.1 Å². The molecule has 2 aliphatic heterocycles. The van der Waals surface area contributed by atoms with E-state index in [1.165, 1.54) is 24.7 Å². The molecule has 210 valence electrons. The zero-order valence-electron chi connectivity index (χ0n) is 22.0. The molecule has 2 N–H and O–H groups in total. The molecular formula is C27H28F3N7O3. The van der Waals surface area contributed by atoms with Crippen LogP contribution in [0.3, 0.4) is 0 Å². The molecule has 10 nitrogen and oxygen atoms in total. The van der Waals surface area contributed by atoms with Crippen molar-refractivity contribution in [3.8, 4) is 0 Å². The van der Waals surface area contributed by atoms with Crippen LogP contribution in [0.5, 0.6) is 0 Å². The van der Waals surface area contributed by atoms with E-state index < -0.39 is 23.0 Å². The number of hydrogen-bond donors (Lipinski definition) is 2. The van der Waals surface area contributed by atoms with Crippen molar-refractivity contribution in [1.29, 1.82) is 0 Å². The maximum absolute atomic E-state index is 13.5. The molecule has 40 heavy (non-hydrogen) atoms. The van der Waals surface area contributed by atoms with Crippen molar-refractivity contribution in [2.45, 2.75) is 51.4 Å². The number of oxazole rings is 1. The van der Waals surface area contributed by atoms with Gasteiger partial charge in [0.05, 0.1) is 30.0 Å². The van der Waals surface area contributed by atoms with Crippen molar-refractivity contribution in [3.05, 3.63) is 64.7 Å². The number of anilines is 3. The van der Waals surface area contributed by atoms with E-state index in [1.54, 1.807) is 23.6 Å². The number of fused-ring (bicyclic) bond motifs is 1. The molecule has 1 aromatic carbocycles. The van der Waals surface area contributed by atoms with Gasteiger partial charge in [-0.3, -0.25) is 10.1 Å². The van der Waals surface area contributed by atoms with Gasteiger partial charge >= 0.3 is 12.2 Å². The molecule has 0 spiro atoms. The van der Waals surface area contributed by atoms with Crippen LogP contribution in [0.15, 0.2) is 35.2 Å². The van der Waals surface area contributed by atoms with Crippen LogP contribution in [0.2, 0.25) is 0 Å². The van der Waals surface area contributed by atoms with Crippen LogP contribution in [-0.4, -0.2) is 56.1 Å². The van der Waals surface area contributed by atoms with Crippen LogP contribution in [-0.2, 0) is 19.1 Å². The summed E-state index contributed by atoms with van der Waals surface area (Å²) in [6, 6.07) is 3.77. The number of aliphatic hydroxyl groups is 1. The Hall–Kier alpha value is -4.18. The number of aromatic nitrogens is 3. The Bertz CT molecular complexity index is 1450. The molecule has 0 saturated carbocycles. The van der Waals surface area contributed by atoms with Gasteiger partial charge in [0.25, 0.3) is 5.91 Å². The van der Waals surface area contributed by atoms with Crippen molar-refractivity contribution >= 4 is 29.1 Å². The summed E-state index contributed by atoms with van der Waals surface area (Å²) in [7, 11) is 0. The average Bonchev–Trinajstić information content (AvgIpc) is 3.40. The molecular weight excluding hydrogens is 527 g/mol. The first-order chi connectivity index (χ1) is 18.9. The van der Waals surface area contributed by atoms with Crippen LogP contribution in [0.4, 0.5) is 36.4 Å². The summed E-state index contributed by atoms with van der Waals surface area (Å²) in [5.74, 6) is 0.306. The minimum atomic E-state index is -4.63. The molecule has 2 aliphatic rings. The molecule has 0 unspecified atom stereocenters. The second kappa shape index (κ2) is 10.4. The molecule has 1 amide bonds. The molecule has 4 heterocycles. The van der Waals surface area contributed by atoms with E-state index in [-0.39, 0.29) is 30.1 Å². The highest BCUT2D eigenvalue weighted by atomic mass is 19.4. The molecule has 5 rings (SSSR count). The first kappa shape index (κ1) is 27.4. The van der Waals surface area contributed by atoms with E-state index in [9.17, 15) is 23.1 Å². The molecule has 1 fully saturated rings. The Morgan fingerprint density at radius 1 is 1.20 bits per heavy atom. The number of likely N-dealkylation sites (tertiary alicyclic amines) is 1. The van der Waals surface area contributed by atoms with Crippen molar-refractivity contribution in [2.75, 3.05) is 29.9 Å². The minimum Gasteiger partial charge on any atom is -0.431 e. The fraction of sp³-hybridized carbons (Fsp3) is 0.444. The minimum absolute atomic E-state index is 0.0857. The van der Waals surface area contributed by atoms with Gasteiger partial charge < -0.3 is 19.3 Å². The van der Waals surface area contributed by atoms with E-state index in [4.69, 9.17) is 11.0 Å². The third-order valence-corrected chi connectivity index (χ3v) is 7.51. The van der Waals surface area contributed by atoms with Crippen LogP contribution in [0.25, 0.3) is 4.85 Å². The van der Waals surface area contributed by atoms with E-state index >= 15 is 0 Å². The van der Waals surface area contributed by atoms with Crippen LogP contribution in [0.1, 0.15) is 54.0 Å². The highest BCUT2D eigenvalue weighted by molar-refractivity contribution is 5.92. The first-order valence-electron chi connectivity index (χ1n) is 12.8. The van der Waals surface area contributed by atoms with Gasteiger partial charge in [-0.25, -0.2) is 14.8 Å². The van der Waals surface area contributed by atoms with Gasteiger partial charge in [0.1, 0.15) is 18.4 Å². The van der Waals surface area contributed by atoms with Gasteiger partial charge in [-0.05, 0) is 51.2 Å². The predicted octanol–water partition coefficient (Wildman–Crippen LogP) is 4.96. The number of halogens is 3. The van der Waals surface area contributed by atoms with Crippen LogP contribution >= 0.6 is 0 Å². The molecule has 13 heteroatoms. The molecule has 0 radical (unpaired) electrons. The second-order valence-corrected chi connectivity index (χ2v) is 10.5. The standard InChI is InChI=1S/C27H28F3N7O3/c1-26(2,39)16-6-9-36(10-7-16)24(38)22-14-40-25(34-22)35-23-18-8-11-37(13-21(18)32-15-33-23)17-4-5-20(31-3)19(12-17)27(28,29)30/h4-5,12,14-16,39H,6-11,13H2,1-2H3,(H,32,33,34,35). The highest BCUT2D eigenvalue weighted by Crippen LogP contribution is 2.39. The number of carbonyl (C=O) groups excluding carboxylic acids is 1. The third-order valence-electron chi connectivity index (χ3n) is 7.51. The number of hydrogen-bond acceptors (Lipinski definition) is 8. The lowest BCUT2D eigenvalue weighted by molar-refractivity contribution is -0.136. The van der Waals surface area contributed by atoms with Gasteiger partial charge in [-0.15, -0.1) is 0 Å². The molecule has 0 bridgehead atoms. The monoisotopic (exact) mass is 555 g/mol. The number of nitrogens with zero attached hydrogens (tertiary/aromatic N) is 6. The lowest BCUT2D eigenvalue weighted by atomic mass is 9.83. The quantitative estimate of drug-likeness (QED) is 0.425. The average molecular weight is 556 g/mol. The zero-order chi connectivity index (χ0) is 28.7. The van der Waals surface area contributed by atoms with E-state index in [0.717, 1.165) is 11.6 Å². The van der Waals surface area contributed by atoms with Crippen molar-refractivity contribution in [2.24, 2.45) is 5.92 Å². The Kier molecular flexibility index (Phi) is 7.14. The number of alkyl halides is 3. The van der Waals surface area contributed by atoms with Crippen molar-refractivity contribution in [3.63, 3.8) is 0 Å². The normalized spacial score (nSPS) is 16.4. The summed E-state index contributed by atoms with van der Waals surface area (Å²) in [4.78, 5) is 32.3. The Morgan fingerprint density at radius 3 is 2.62 bits per heavy atom. The van der Waals surface area contributed by atoms with E-state index in [0.29, 0.717) is 56.1 Å². The summed E-state index contributed by atoms with van der Waals surface area (Å²) >= 11 is 0. The highest BCUT2D eigenvalue weighted by Gasteiger charge is 2.35. The summed E-state index contributed by atoms with van der Waals surface area (Å²) in [5, 5.41) is 13.2. The topological polar surface area (TPSA) is 112 Å². The Morgan fingerprint density at radius 2 is 1.95 bits per heavy atom. The number of nitrogens with one attached hydrogen (secondary N) is 1. The van der Waals surface area contributed by atoms with Crippen LogP contribution in [0, 0.1) is 12.5 Å². The summed E-state index contributed by atoms with van der Waals surface area (Å²) in [6.07, 6.45) is -0.172. The van der Waals surface area contributed by atoms with Crippen LogP contribution < -0.4 is 10.2 Å². The number of rotatable bonds is 5. The fourth-order valence-electron chi connectivity index (χ4n) is 5.21. The van der Waals surface area contributed by atoms with Gasteiger partial charge in [-0.1, -0.05) is 6.07 Å². The third kappa shape index (κ3) is 5.58. The molecule has 0 aliphatic carbocycles. The number of piperidine rings is 1. The molecule has 3 aromatic rings. The summed E-state index contributed by atoms with van der Waals surface area (Å²) in [5.41, 5.74) is -0.293. The lowest BCUT2D eigenvalue weighted by Crippen LogP contribution is -2.44. The largest absolute Gasteiger partial charge is 0.431 e. The fourth-order valence-corrected chi connectivity index (χ4v) is 5.21. The zero-order valence-corrected chi connectivity index (χ0v) is 22.0. The number of amides is 1. The maximum Gasteiger partial charge on any atom is 0.407 e. The van der Waals surface area contributed by atoms with Gasteiger partial charge in [0.15, 0.2) is 11.4 Å². The van der Waals surface area contributed by atoms with Gasteiger partial charge in [0.2, 0.25) is 0 Å². The SMILES string of the molecule is [C-]#[N+]c1ccc(N2CCc3c(ncnc3Nc3nc(C(=O)N4CCC(C(C)(C)O)CC4)co3)C2)cc1C(F)(F)F. The summed E-state index contributed by atoms with van der Waals surface area (Å²) in [6.45, 7) is 12.3. The smallest absolute Gasteiger partial charge is 0.407 e. The van der Waals surface area contributed by atoms with Crippen molar-refractivity contribution < 1.29 is 27.5 Å². The Balaban J connectivity index is 1.27. The predicted molar refractivity (Wildman–Crippen MR) is 139 cm³/mol. The van der Waals surface area contributed by atoms with Gasteiger partial charge in [-0.2, -0.15) is 18.2 Å². The molecule has 2 aromatic heterocycles. The maximum atomic E-state index is 13.5. The van der Waals surface area contributed by atoms with Gasteiger partial charge in [0, 0.05) is 30.9 Å². The van der Waals surface area contributed by atoms with Crippen molar-refractivity contribution in [1.82, 2.24) is 19.9 Å². The molecule has 0 atom stereocenters. The second-order valence-electron chi connectivity index (χ2n) is 10.5.